The lowest BCUT2D eigenvalue weighted by atomic mass is 10.1. The Morgan fingerprint density at radius 1 is 0.344 bits per heavy atom. The highest BCUT2D eigenvalue weighted by atomic mass is 16.6. The Morgan fingerprint density at radius 2 is 0.639 bits per heavy atom. The number of esters is 3. The maximum Gasteiger partial charge on any atom is 0.306 e. The maximum absolute atomic E-state index is 12.8. The van der Waals surface area contributed by atoms with E-state index in [9.17, 15) is 14.4 Å². The standard InChI is InChI=1S/C55H94O6/c1-4-7-10-13-16-19-21-23-25-27-28-29-31-32-34-36-39-42-45-48-54(57)60-51-52(50-59-53(56)47-44-41-38-18-15-12-9-6-3)61-55(58)49-46-43-40-37-35-33-30-26-24-22-20-17-14-11-8-5-2/h7,10,16,19,23,25-26,28-30,32,34,52H,4-6,8-9,11-15,17-18,20-22,24,27,31,33,35-51H2,1-3H3/b10-7-,19-16-,25-23-,29-28-,30-26-,34-32-. The van der Waals surface area contributed by atoms with Crippen LogP contribution in [0.2, 0.25) is 0 Å². The van der Waals surface area contributed by atoms with Gasteiger partial charge in [0.15, 0.2) is 6.10 Å². The van der Waals surface area contributed by atoms with Gasteiger partial charge in [-0.15, -0.1) is 0 Å². The van der Waals surface area contributed by atoms with Crippen LogP contribution in [-0.4, -0.2) is 37.2 Å². The van der Waals surface area contributed by atoms with Gasteiger partial charge in [0.25, 0.3) is 0 Å². The summed E-state index contributed by atoms with van der Waals surface area (Å²) in [5.74, 6) is -0.934. The van der Waals surface area contributed by atoms with E-state index in [2.05, 4.69) is 93.7 Å². The van der Waals surface area contributed by atoms with Gasteiger partial charge < -0.3 is 14.2 Å². The summed E-state index contributed by atoms with van der Waals surface area (Å²) in [6.45, 7) is 6.45. The second kappa shape index (κ2) is 49.5. The van der Waals surface area contributed by atoms with E-state index in [-0.39, 0.29) is 31.1 Å². The molecule has 0 heterocycles. The molecule has 0 aromatic heterocycles. The van der Waals surface area contributed by atoms with Crippen molar-refractivity contribution in [1.29, 1.82) is 0 Å². The highest BCUT2D eigenvalue weighted by molar-refractivity contribution is 5.71. The van der Waals surface area contributed by atoms with Crippen LogP contribution in [0.25, 0.3) is 0 Å². The largest absolute Gasteiger partial charge is 0.462 e. The van der Waals surface area contributed by atoms with Crippen LogP contribution in [0.4, 0.5) is 0 Å². The minimum Gasteiger partial charge on any atom is -0.462 e. The normalized spacial score (nSPS) is 12.6. The van der Waals surface area contributed by atoms with Gasteiger partial charge in [-0.3, -0.25) is 14.4 Å². The Bertz CT molecular complexity index is 1160. The average Bonchev–Trinajstić information content (AvgIpc) is 3.26. The van der Waals surface area contributed by atoms with Crippen molar-refractivity contribution in [2.75, 3.05) is 13.2 Å². The van der Waals surface area contributed by atoms with Crippen LogP contribution < -0.4 is 0 Å². The Balaban J connectivity index is 4.38. The third kappa shape index (κ3) is 47.7. The summed E-state index contributed by atoms with van der Waals surface area (Å²) in [5.41, 5.74) is 0. The molecular formula is C55H94O6. The molecule has 61 heavy (non-hydrogen) atoms. The highest BCUT2D eigenvalue weighted by Crippen LogP contribution is 2.14. The van der Waals surface area contributed by atoms with Gasteiger partial charge in [-0.25, -0.2) is 0 Å². The molecule has 0 saturated carbocycles. The van der Waals surface area contributed by atoms with E-state index in [0.29, 0.717) is 19.3 Å². The van der Waals surface area contributed by atoms with Crippen molar-refractivity contribution >= 4 is 17.9 Å². The van der Waals surface area contributed by atoms with Crippen LogP contribution in [0, 0.1) is 0 Å². The number of rotatable bonds is 45. The third-order valence-corrected chi connectivity index (χ3v) is 10.7. The lowest BCUT2D eigenvalue weighted by Gasteiger charge is -2.18. The summed E-state index contributed by atoms with van der Waals surface area (Å²) in [7, 11) is 0. The molecule has 0 spiro atoms. The van der Waals surface area contributed by atoms with Gasteiger partial charge in [0.2, 0.25) is 0 Å². The molecule has 0 aliphatic carbocycles. The van der Waals surface area contributed by atoms with Crippen LogP contribution in [0.3, 0.4) is 0 Å². The molecule has 6 nitrogen and oxygen atoms in total. The van der Waals surface area contributed by atoms with E-state index < -0.39 is 6.10 Å². The van der Waals surface area contributed by atoms with Crippen molar-refractivity contribution in [3.05, 3.63) is 72.9 Å². The SMILES string of the molecule is CC/C=C\C/C=C\C/C=C\C/C=C\C/C=C\CCCCCC(=O)OCC(COC(=O)CCCCCCCCCC)OC(=O)CCCCCCC/C=C\CCCCCCCCC. The molecule has 0 rings (SSSR count). The summed E-state index contributed by atoms with van der Waals surface area (Å²) < 4.78 is 16.7. The van der Waals surface area contributed by atoms with E-state index in [0.717, 1.165) is 109 Å². The highest BCUT2D eigenvalue weighted by Gasteiger charge is 2.19. The molecule has 0 saturated heterocycles. The molecule has 350 valence electrons. The van der Waals surface area contributed by atoms with Gasteiger partial charge in [0.1, 0.15) is 13.2 Å². The fourth-order valence-corrected chi connectivity index (χ4v) is 6.87. The van der Waals surface area contributed by atoms with Gasteiger partial charge in [0, 0.05) is 19.3 Å². The van der Waals surface area contributed by atoms with E-state index in [4.69, 9.17) is 14.2 Å². The van der Waals surface area contributed by atoms with Gasteiger partial charge in [-0.1, -0.05) is 203 Å². The molecule has 0 bridgehead atoms. The lowest BCUT2D eigenvalue weighted by molar-refractivity contribution is -0.167. The molecule has 0 aromatic carbocycles. The quantitative estimate of drug-likeness (QED) is 0.0263. The summed E-state index contributed by atoms with van der Waals surface area (Å²) >= 11 is 0. The zero-order valence-electron chi connectivity index (χ0n) is 39.9. The predicted molar refractivity (Wildman–Crippen MR) is 261 cm³/mol. The van der Waals surface area contributed by atoms with Crippen LogP contribution in [0.1, 0.15) is 239 Å². The fourth-order valence-electron chi connectivity index (χ4n) is 6.87. The average molecular weight is 851 g/mol. The first-order chi connectivity index (χ1) is 30.0. The van der Waals surface area contributed by atoms with Crippen LogP contribution in [-0.2, 0) is 28.6 Å². The second-order valence-corrected chi connectivity index (χ2v) is 16.7. The second-order valence-electron chi connectivity index (χ2n) is 16.7. The molecule has 0 aliphatic rings. The first-order valence-corrected chi connectivity index (χ1v) is 25.4. The van der Waals surface area contributed by atoms with E-state index in [1.807, 2.05) is 0 Å². The molecule has 6 heteroatoms. The molecule has 0 radical (unpaired) electrons. The number of allylic oxidation sites excluding steroid dienone is 12. The number of carbonyl (C=O) groups is 3. The maximum atomic E-state index is 12.8. The number of hydrogen-bond acceptors (Lipinski definition) is 6. The van der Waals surface area contributed by atoms with E-state index in [1.54, 1.807) is 0 Å². The monoisotopic (exact) mass is 851 g/mol. The first kappa shape index (κ1) is 57.9. The van der Waals surface area contributed by atoms with Gasteiger partial charge in [-0.2, -0.15) is 0 Å². The van der Waals surface area contributed by atoms with Crippen LogP contribution in [0.15, 0.2) is 72.9 Å². The van der Waals surface area contributed by atoms with Crippen molar-refractivity contribution in [2.24, 2.45) is 0 Å². The zero-order chi connectivity index (χ0) is 44.4. The predicted octanol–water partition coefficient (Wildman–Crippen LogP) is 16.6. The Kier molecular flexibility index (Phi) is 46.9. The Hall–Kier alpha value is -3.15. The summed E-state index contributed by atoms with van der Waals surface area (Å²) in [6, 6.07) is 0. The van der Waals surface area contributed by atoms with Crippen molar-refractivity contribution < 1.29 is 28.6 Å². The summed E-state index contributed by atoms with van der Waals surface area (Å²) in [6.07, 6.45) is 61.8. The van der Waals surface area contributed by atoms with E-state index in [1.165, 1.54) is 89.9 Å². The van der Waals surface area contributed by atoms with Crippen molar-refractivity contribution in [2.45, 2.75) is 245 Å². The van der Waals surface area contributed by atoms with Crippen LogP contribution in [0.5, 0.6) is 0 Å². The minimum absolute atomic E-state index is 0.0887. The van der Waals surface area contributed by atoms with Crippen molar-refractivity contribution in [1.82, 2.24) is 0 Å². The van der Waals surface area contributed by atoms with Gasteiger partial charge in [-0.05, 0) is 89.9 Å². The zero-order valence-corrected chi connectivity index (χ0v) is 39.9. The van der Waals surface area contributed by atoms with Gasteiger partial charge >= 0.3 is 17.9 Å². The fraction of sp³-hybridized carbons (Fsp3) is 0.727. The number of hydrogen-bond donors (Lipinski definition) is 0. The minimum atomic E-state index is -0.790. The molecule has 1 unspecified atom stereocenters. The van der Waals surface area contributed by atoms with Crippen molar-refractivity contribution in [3.8, 4) is 0 Å². The van der Waals surface area contributed by atoms with Gasteiger partial charge in [0.05, 0.1) is 0 Å². The Labute approximate surface area is 376 Å². The topological polar surface area (TPSA) is 78.9 Å². The third-order valence-electron chi connectivity index (χ3n) is 10.7. The van der Waals surface area contributed by atoms with Crippen molar-refractivity contribution in [3.63, 3.8) is 0 Å². The molecular weight excluding hydrogens is 757 g/mol. The Morgan fingerprint density at radius 3 is 1.03 bits per heavy atom. The molecule has 0 N–H and O–H groups in total. The van der Waals surface area contributed by atoms with Crippen LogP contribution >= 0.6 is 0 Å². The molecule has 0 aliphatic heterocycles. The molecule has 0 amide bonds. The smallest absolute Gasteiger partial charge is 0.306 e. The van der Waals surface area contributed by atoms with E-state index >= 15 is 0 Å². The summed E-state index contributed by atoms with van der Waals surface area (Å²) in [5, 5.41) is 0. The summed E-state index contributed by atoms with van der Waals surface area (Å²) in [4.78, 5) is 37.8. The molecule has 0 fully saturated rings. The first-order valence-electron chi connectivity index (χ1n) is 25.4. The molecule has 0 aromatic rings. The molecule has 1 atom stereocenters. The number of carbonyl (C=O) groups excluding carboxylic acids is 3. The number of unbranched alkanes of at least 4 members (excludes halogenated alkanes) is 22. The lowest BCUT2D eigenvalue weighted by Crippen LogP contribution is -2.30. The number of ether oxygens (including phenoxy) is 3.